The van der Waals surface area contributed by atoms with Gasteiger partial charge in [0, 0.05) is 6.54 Å². The van der Waals surface area contributed by atoms with Gasteiger partial charge in [0.05, 0.1) is 6.61 Å². The van der Waals surface area contributed by atoms with E-state index in [4.69, 9.17) is 4.74 Å². The van der Waals surface area contributed by atoms with E-state index in [1.54, 1.807) is 6.07 Å². The average molecular weight is 277 g/mol. The summed E-state index contributed by atoms with van der Waals surface area (Å²) >= 11 is 0. The molecule has 6 heteroatoms. The van der Waals surface area contributed by atoms with Crippen molar-refractivity contribution in [2.24, 2.45) is 0 Å². The molecule has 0 fully saturated rings. The molecule has 19 heavy (non-hydrogen) atoms. The van der Waals surface area contributed by atoms with E-state index >= 15 is 0 Å². The fraction of sp³-hybridized carbons (Fsp3) is 0.538. The number of nitrogens with one attached hydrogen (secondary N) is 1. The molecule has 0 aliphatic carbocycles. The molecule has 0 aliphatic rings. The van der Waals surface area contributed by atoms with Crippen molar-refractivity contribution in [1.29, 1.82) is 0 Å². The minimum atomic E-state index is -4.33. The Morgan fingerprint density at radius 1 is 1.26 bits per heavy atom. The van der Waals surface area contributed by atoms with Gasteiger partial charge < -0.3 is 14.8 Å². The lowest BCUT2D eigenvalue weighted by Gasteiger charge is -2.16. The topological polar surface area (TPSA) is 30.5 Å². The molecule has 1 aromatic rings. The summed E-state index contributed by atoms with van der Waals surface area (Å²) in [6.07, 6.45) is -6.10. The van der Waals surface area contributed by atoms with Crippen molar-refractivity contribution in [3.63, 3.8) is 0 Å². The summed E-state index contributed by atoms with van der Waals surface area (Å²) in [6, 6.07) is 7.36. The molecule has 0 amide bonds. The molecule has 1 unspecified atom stereocenters. The van der Waals surface area contributed by atoms with Crippen LogP contribution < -0.4 is 10.1 Å². The summed E-state index contributed by atoms with van der Waals surface area (Å²) in [5.74, 6) is 0.621. The van der Waals surface area contributed by atoms with E-state index in [0.717, 1.165) is 12.5 Å². The highest BCUT2D eigenvalue weighted by Gasteiger charge is 2.36. The van der Waals surface area contributed by atoms with E-state index in [1.807, 2.05) is 25.2 Å². The van der Waals surface area contributed by atoms with Crippen molar-refractivity contribution in [2.75, 3.05) is 20.3 Å². The molecule has 1 aromatic carbocycles. The first kappa shape index (κ1) is 15.8. The van der Waals surface area contributed by atoms with E-state index in [2.05, 4.69) is 10.1 Å². The fourth-order valence-corrected chi connectivity index (χ4v) is 1.43. The second-order valence-electron chi connectivity index (χ2n) is 4.08. The van der Waals surface area contributed by atoms with Crippen molar-refractivity contribution in [3.05, 3.63) is 29.8 Å². The molecule has 0 aliphatic heterocycles. The molecule has 0 bridgehead atoms. The van der Waals surface area contributed by atoms with Crippen LogP contribution in [0, 0.1) is 0 Å². The molecule has 3 nitrogen and oxygen atoms in total. The third-order valence-electron chi connectivity index (χ3n) is 2.46. The molecular weight excluding hydrogens is 259 g/mol. The standard InChI is InChI=1S/C13H18F3NO2/c1-10(13(14,15)16)18-6-7-19-12-5-3-4-11(8-12)9-17-2/h3-5,8,10,17H,6-7,9H2,1-2H3. The van der Waals surface area contributed by atoms with Crippen LogP contribution in [-0.2, 0) is 11.3 Å². The summed E-state index contributed by atoms with van der Waals surface area (Å²) < 4.78 is 46.5. The van der Waals surface area contributed by atoms with Crippen molar-refractivity contribution in [1.82, 2.24) is 5.32 Å². The summed E-state index contributed by atoms with van der Waals surface area (Å²) in [4.78, 5) is 0. The van der Waals surface area contributed by atoms with E-state index in [9.17, 15) is 13.2 Å². The second-order valence-corrected chi connectivity index (χ2v) is 4.08. The van der Waals surface area contributed by atoms with Gasteiger partial charge >= 0.3 is 6.18 Å². The van der Waals surface area contributed by atoms with Crippen LogP contribution in [0.5, 0.6) is 5.75 Å². The Morgan fingerprint density at radius 2 is 2.00 bits per heavy atom. The Morgan fingerprint density at radius 3 is 2.63 bits per heavy atom. The number of hydrogen-bond acceptors (Lipinski definition) is 3. The number of hydrogen-bond donors (Lipinski definition) is 1. The van der Waals surface area contributed by atoms with Crippen LogP contribution in [0.25, 0.3) is 0 Å². The number of halogens is 3. The van der Waals surface area contributed by atoms with Gasteiger partial charge in [0.15, 0.2) is 6.10 Å². The van der Waals surface area contributed by atoms with Crippen molar-refractivity contribution < 1.29 is 22.6 Å². The van der Waals surface area contributed by atoms with E-state index < -0.39 is 12.3 Å². The van der Waals surface area contributed by atoms with E-state index in [1.165, 1.54) is 0 Å². The Kier molecular flexibility index (Phi) is 6.11. The van der Waals surface area contributed by atoms with Crippen molar-refractivity contribution in [2.45, 2.75) is 25.7 Å². The number of alkyl halides is 3. The van der Waals surface area contributed by atoms with Gasteiger partial charge in [-0.3, -0.25) is 0 Å². The Labute approximate surface area is 110 Å². The summed E-state index contributed by atoms with van der Waals surface area (Å²) in [6.45, 7) is 1.67. The Bertz CT molecular complexity index is 382. The van der Waals surface area contributed by atoms with Crippen LogP contribution in [0.3, 0.4) is 0 Å². The lowest BCUT2D eigenvalue weighted by molar-refractivity contribution is -0.215. The van der Waals surface area contributed by atoms with Gasteiger partial charge in [-0.2, -0.15) is 13.2 Å². The first-order valence-corrected chi connectivity index (χ1v) is 5.98. The zero-order valence-corrected chi connectivity index (χ0v) is 11.0. The molecule has 0 saturated carbocycles. The fourth-order valence-electron chi connectivity index (χ4n) is 1.43. The first-order valence-electron chi connectivity index (χ1n) is 5.98. The van der Waals surface area contributed by atoms with E-state index in [0.29, 0.717) is 12.3 Å². The lowest BCUT2D eigenvalue weighted by atomic mass is 10.2. The normalized spacial score (nSPS) is 13.3. The maximum atomic E-state index is 12.2. The third kappa shape index (κ3) is 5.94. The van der Waals surface area contributed by atoms with Gasteiger partial charge in [0.2, 0.25) is 0 Å². The highest BCUT2D eigenvalue weighted by atomic mass is 19.4. The van der Waals surface area contributed by atoms with Gasteiger partial charge in [0.1, 0.15) is 12.4 Å². The quantitative estimate of drug-likeness (QED) is 0.777. The van der Waals surface area contributed by atoms with Crippen LogP contribution in [0.1, 0.15) is 12.5 Å². The van der Waals surface area contributed by atoms with Crippen LogP contribution in [-0.4, -0.2) is 32.5 Å². The molecule has 1 atom stereocenters. The van der Waals surface area contributed by atoms with Gasteiger partial charge in [-0.1, -0.05) is 12.1 Å². The molecule has 0 heterocycles. The maximum absolute atomic E-state index is 12.2. The van der Waals surface area contributed by atoms with Crippen LogP contribution in [0.15, 0.2) is 24.3 Å². The van der Waals surface area contributed by atoms with Crippen molar-refractivity contribution in [3.8, 4) is 5.75 Å². The third-order valence-corrected chi connectivity index (χ3v) is 2.46. The largest absolute Gasteiger partial charge is 0.491 e. The highest BCUT2D eigenvalue weighted by Crippen LogP contribution is 2.22. The molecule has 1 rings (SSSR count). The van der Waals surface area contributed by atoms with Crippen molar-refractivity contribution >= 4 is 0 Å². The molecule has 1 N–H and O–H groups in total. The molecule has 0 saturated heterocycles. The number of ether oxygens (including phenoxy) is 2. The SMILES string of the molecule is CNCc1cccc(OCCOC(C)C(F)(F)F)c1. The summed E-state index contributed by atoms with van der Waals surface area (Å²) in [5, 5.41) is 3.00. The molecule has 0 radical (unpaired) electrons. The smallest absolute Gasteiger partial charge is 0.414 e. The Balaban J connectivity index is 2.31. The zero-order chi connectivity index (χ0) is 14.3. The summed E-state index contributed by atoms with van der Waals surface area (Å²) in [5.41, 5.74) is 1.05. The minimum Gasteiger partial charge on any atom is -0.491 e. The molecule has 0 spiro atoms. The van der Waals surface area contributed by atoms with Crippen LogP contribution >= 0.6 is 0 Å². The first-order chi connectivity index (χ1) is 8.93. The summed E-state index contributed by atoms with van der Waals surface area (Å²) in [7, 11) is 1.83. The number of rotatable bonds is 7. The monoisotopic (exact) mass is 277 g/mol. The lowest BCUT2D eigenvalue weighted by Crippen LogP contribution is -2.29. The van der Waals surface area contributed by atoms with E-state index in [-0.39, 0.29) is 13.2 Å². The molecule has 0 aromatic heterocycles. The van der Waals surface area contributed by atoms with Gasteiger partial charge in [0.25, 0.3) is 0 Å². The molecular formula is C13H18F3NO2. The maximum Gasteiger partial charge on any atom is 0.414 e. The number of benzene rings is 1. The van der Waals surface area contributed by atoms with Gasteiger partial charge in [-0.25, -0.2) is 0 Å². The Hall–Kier alpha value is -1.27. The van der Waals surface area contributed by atoms with Crippen LogP contribution in [0.4, 0.5) is 13.2 Å². The minimum absolute atomic E-state index is 0.0867. The van der Waals surface area contributed by atoms with Gasteiger partial charge in [-0.05, 0) is 31.7 Å². The predicted molar refractivity (Wildman–Crippen MR) is 66.2 cm³/mol. The highest BCUT2D eigenvalue weighted by molar-refractivity contribution is 5.28. The second kappa shape index (κ2) is 7.35. The predicted octanol–water partition coefficient (Wildman–Crippen LogP) is 2.75. The average Bonchev–Trinajstić information content (AvgIpc) is 2.34. The molecule has 108 valence electrons. The van der Waals surface area contributed by atoms with Gasteiger partial charge in [-0.15, -0.1) is 0 Å². The zero-order valence-electron chi connectivity index (χ0n) is 11.0. The van der Waals surface area contributed by atoms with Crippen LogP contribution in [0.2, 0.25) is 0 Å².